The van der Waals surface area contributed by atoms with E-state index in [0.717, 1.165) is 43.9 Å². The quantitative estimate of drug-likeness (QED) is 0.867. The van der Waals surface area contributed by atoms with E-state index in [1.165, 1.54) is 12.8 Å². The lowest BCUT2D eigenvalue weighted by Gasteiger charge is -2.27. The molecule has 0 spiro atoms. The van der Waals surface area contributed by atoms with Gasteiger partial charge in [-0.05, 0) is 54.2 Å². The second kappa shape index (κ2) is 6.10. The highest BCUT2D eigenvalue weighted by molar-refractivity contribution is 5.95. The molecule has 2 aliphatic rings. The Kier molecular flexibility index (Phi) is 3.81. The Morgan fingerprint density at radius 1 is 1.17 bits per heavy atom. The maximum atomic E-state index is 13.1. The minimum atomic E-state index is 0.0393. The molecule has 1 atom stereocenters. The molecule has 1 fully saturated rings. The summed E-state index contributed by atoms with van der Waals surface area (Å²) in [4.78, 5) is 15.2. The van der Waals surface area contributed by atoms with Gasteiger partial charge >= 0.3 is 0 Å². The maximum absolute atomic E-state index is 13.1. The molecule has 1 amide bonds. The molecule has 0 radical (unpaired) electrons. The third-order valence-corrected chi connectivity index (χ3v) is 4.83. The summed E-state index contributed by atoms with van der Waals surface area (Å²) in [5.74, 6) is 1.86. The molecule has 1 aliphatic heterocycles. The Morgan fingerprint density at radius 3 is 2.78 bits per heavy atom. The van der Waals surface area contributed by atoms with Crippen LogP contribution < -0.4 is 4.90 Å². The number of hydrogen-bond acceptors (Lipinski definition) is 4. The normalized spacial score (nSPS) is 20.6. The number of aryl methyl sites for hydroxylation is 2. The van der Waals surface area contributed by atoms with Gasteiger partial charge in [0.25, 0.3) is 0 Å². The number of fused-ring (bicyclic) bond motifs is 1. The van der Waals surface area contributed by atoms with Crippen molar-refractivity contribution in [2.45, 2.75) is 38.6 Å². The molecule has 0 bridgehead atoms. The molecule has 120 valence electrons. The van der Waals surface area contributed by atoms with Gasteiger partial charge in [0, 0.05) is 31.1 Å². The van der Waals surface area contributed by atoms with Crippen molar-refractivity contribution >= 4 is 11.6 Å². The van der Waals surface area contributed by atoms with Gasteiger partial charge in [-0.25, -0.2) is 4.68 Å². The minimum Gasteiger partial charge on any atom is -0.312 e. The van der Waals surface area contributed by atoms with Gasteiger partial charge in [-0.2, -0.15) is 0 Å². The summed E-state index contributed by atoms with van der Waals surface area (Å²) in [7, 11) is 0. The molecule has 1 unspecified atom stereocenters. The molecule has 2 aromatic rings. The van der Waals surface area contributed by atoms with Gasteiger partial charge in [-0.1, -0.05) is 18.2 Å². The maximum Gasteiger partial charge on any atom is 0.230 e. The van der Waals surface area contributed by atoms with E-state index in [1.807, 2.05) is 39.9 Å². The molecular weight excluding hydrogens is 290 g/mol. The van der Waals surface area contributed by atoms with Crippen LogP contribution in [0.4, 0.5) is 5.69 Å². The fraction of sp³-hybridized carbons (Fsp3) is 0.529. The Labute approximate surface area is 135 Å². The molecule has 1 aliphatic carbocycles. The van der Waals surface area contributed by atoms with Gasteiger partial charge < -0.3 is 4.90 Å². The first-order valence-electron chi connectivity index (χ1n) is 8.43. The molecule has 6 nitrogen and oxygen atoms in total. The molecule has 1 aromatic carbocycles. The minimum absolute atomic E-state index is 0.0393. The number of anilines is 1. The van der Waals surface area contributed by atoms with Crippen LogP contribution in [0.2, 0.25) is 0 Å². The average molecular weight is 311 g/mol. The van der Waals surface area contributed by atoms with Crippen LogP contribution in [-0.4, -0.2) is 32.7 Å². The zero-order valence-corrected chi connectivity index (χ0v) is 13.1. The number of rotatable bonds is 4. The van der Waals surface area contributed by atoms with Crippen molar-refractivity contribution in [1.29, 1.82) is 0 Å². The second-order valence-electron chi connectivity index (χ2n) is 6.57. The number of amides is 1. The molecule has 0 N–H and O–H groups in total. The van der Waals surface area contributed by atoms with Gasteiger partial charge in [0.2, 0.25) is 5.91 Å². The largest absolute Gasteiger partial charge is 0.312 e. The SMILES string of the molecule is O=C(C1CCc2nnnn2CC1)N(CC1CC1)c1ccccc1. The van der Waals surface area contributed by atoms with E-state index in [2.05, 4.69) is 15.5 Å². The number of nitrogens with zero attached hydrogens (tertiary/aromatic N) is 5. The van der Waals surface area contributed by atoms with Crippen LogP contribution in [-0.2, 0) is 17.8 Å². The second-order valence-corrected chi connectivity index (χ2v) is 6.57. The molecular formula is C17H21N5O. The number of carbonyl (C=O) groups is 1. The van der Waals surface area contributed by atoms with Crippen LogP contribution in [0, 0.1) is 11.8 Å². The van der Waals surface area contributed by atoms with Gasteiger partial charge in [-0.3, -0.25) is 4.79 Å². The monoisotopic (exact) mass is 311 g/mol. The molecule has 4 rings (SSSR count). The van der Waals surface area contributed by atoms with Crippen molar-refractivity contribution in [3.8, 4) is 0 Å². The van der Waals surface area contributed by atoms with Crippen molar-refractivity contribution in [2.75, 3.05) is 11.4 Å². The van der Waals surface area contributed by atoms with Crippen LogP contribution in [0.3, 0.4) is 0 Å². The van der Waals surface area contributed by atoms with E-state index in [-0.39, 0.29) is 11.8 Å². The van der Waals surface area contributed by atoms with Crippen LogP contribution in [0.5, 0.6) is 0 Å². The number of carbonyl (C=O) groups excluding carboxylic acids is 1. The van der Waals surface area contributed by atoms with Gasteiger partial charge in [0.05, 0.1) is 0 Å². The van der Waals surface area contributed by atoms with E-state index >= 15 is 0 Å². The number of tetrazole rings is 1. The number of aromatic nitrogens is 4. The standard InChI is InChI=1S/C17H21N5O/c23-17(14-8-9-16-18-19-20-22(16)11-10-14)21(12-13-6-7-13)15-4-2-1-3-5-15/h1-5,13-14H,6-12H2. The third kappa shape index (κ3) is 3.11. The zero-order valence-electron chi connectivity index (χ0n) is 13.1. The van der Waals surface area contributed by atoms with Gasteiger partial charge in [0.1, 0.15) is 0 Å². The predicted molar refractivity (Wildman–Crippen MR) is 85.8 cm³/mol. The lowest BCUT2D eigenvalue weighted by atomic mass is 9.98. The third-order valence-electron chi connectivity index (χ3n) is 4.83. The van der Waals surface area contributed by atoms with Crippen LogP contribution in [0.25, 0.3) is 0 Å². The summed E-state index contributed by atoms with van der Waals surface area (Å²) >= 11 is 0. The lowest BCUT2D eigenvalue weighted by molar-refractivity contribution is -0.122. The summed E-state index contributed by atoms with van der Waals surface area (Å²) in [6, 6.07) is 10.1. The first-order chi connectivity index (χ1) is 11.3. The highest BCUT2D eigenvalue weighted by Crippen LogP contribution is 2.33. The van der Waals surface area contributed by atoms with E-state index in [0.29, 0.717) is 5.92 Å². The smallest absolute Gasteiger partial charge is 0.230 e. The van der Waals surface area contributed by atoms with Crippen molar-refractivity contribution in [3.05, 3.63) is 36.2 Å². The summed E-state index contributed by atoms with van der Waals surface area (Å²) < 4.78 is 1.83. The number of benzene rings is 1. The van der Waals surface area contributed by atoms with Gasteiger partial charge in [0.15, 0.2) is 5.82 Å². The lowest BCUT2D eigenvalue weighted by Crippen LogP contribution is -2.38. The van der Waals surface area contributed by atoms with Crippen molar-refractivity contribution < 1.29 is 4.79 Å². The Morgan fingerprint density at radius 2 is 2.00 bits per heavy atom. The van der Waals surface area contributed by atoms with Crippen LogP contribution in [0.1, 0.15) is 31.5 Å². The fourth-order valence-corrected chi connectivity index (χ4v) is 3.26. The summed E-state index contributed by atoms with van der Waals surface area (Å²) in [5.41, 5.74) is 1.02. The molecule has 2 heterocycles. The van der Waals surface area contributed by atoms with E-state index in [4.69, 9.17) is 0 Å². The van der Waals surface area contributed by atoms with E-state index < -0.39 is 0 Å². The van der Waals surface area contributed by atoms with E-state index in [9.17, 15) is 4.79 Å². The first-order valence-corrected chi connectivity index (χ1v) is 8.43. The Bertz CT molecular complexity index is 657. The molecule has 6 heteroatoms. The number of hydrogen-bond donors (Lipinski definition) is 0. The average Bonchev–Trinajstić information content (AvgIpc) is 3.35. The van der Waals surface area contributed by atoms with E-state index in [1.54, 1.807) is 0 Å². The topological polar surface area (TPSA) is 63.9 Å². The van der Waals surface area contributed by atoms with Crippen molar-refractivity contribution in [3.63, 3.8) is 0 Å². The molecule has 23 heavy (non-hydrogen) atoms. The number of para-hydroxylation sites is 1. The van der Waals surface area contributed by atoms with Crippen LogP contribution >= 0.6 is 0 Å². The Hall–Kier alpha value is -2.24. The first kappa shape index (κ1) is 14.4. The summed E-state index contributed by atoms with van der Waals surface area (Å²) in [6.45, 7) is 1.58. The molecule has 1 saturated carbocycles. The highest BCUT2D eigenvalue weighted by Gasteiger charge is 2.32. The molecule has 1 aromatic heterocycles. The van der Waals surface area contributed by atoms with Crippen molar-refractivity contribution in [2.24, 2.45) is 11.8 Å². The predicted octanol–water partition coefficient (Wildman–Crippen LogP) is 2.07. The fourth-order valence-electron chi connectivity index (χ4n) is 3.26. The van der Waals surface area contributed by atoms with Crippen molar-refractivity contribution in [1.82, 2.24) is 20.2 Å². The van der Waals surface area contributed by atoms with Gasteiger partial charge in [-0.15, -0.1) is 5.10 Å². The summed E-state index contributed by atoms with van der Waals surface area (Å²) in [6.07, 6.45) is 4.89. The highest BCUT2D eigenvalue weighted by atomic mass is 16.2. The summed E-state index contributed by atoms with van der Waals surface area (Å²) in [5, 5.41) is 11.8. The van der Waals surface area contributed by atoms with Crippen LogP contribution in [0.15, 0.2) is 30.3 Å². The molecule has 0 saturated heterocycles. The zero-order chi connectivity index (χ0) is 15.6. The Balaban J connectivity index is 1.51.